The Morgan fingerprint density at radius 2 is 1.83 bits per heavy atom. The normalized spacial score (nSPS) is 18.1. The highest BCUT2D eigenvalue weighted by molar-refractivity contribution is 5.25. The Morgan fingerprint density at radius 1 is 1.17 bits per heavy atom. The zero-order valence-electron chi connectivity index (χ0n) is 11.9. The highest BCUT2D eigenvalue weighted by atomic mass is 14.9. The van der Waals surface area contributed by atoms with Gasteiger partial charge in [0.05, 0.1) is 0 Å². The van der Waals surface area contributed by atoms with Gasteiger partial charge in [-0.2, -0.15) is 0 Å². The van der Waals surface area contributed by atoms with E-state index >= 15 is 0 Å². The van der Waals surface area contributed by atoms with Gasteiger partial charge in [-0.15, -0.1) is 0 Å². The van der Waals surface area contributed by atoms with Crippen LogP contribution in [0.3, 0.4) is 0 Å². The monoisotopic (exact) mass is 245 g/mol. The van der Waals surface area contributed by atoms with E-state index in [-0.39, 0.29) is 0 Å². The van der Waals surface area contributed by atoms with E-state index < -0.39 is 0 Å². The first-order chi connectivity index (χ1) is 8.81. The van der Waals surface area contributed by atoms with Gasteiger partial charge in [0.15, 0.2) is 0 Å². The van der Waals surface area contributed by atoms with Crippen molar-refractivity contribution >= 4 is 0 Å². The largest absolute Gasteiger partial charge is 0.316 e. The standard InChI is InChI=1S/C17H27N/c1-3-12-18-13-17(15-6-4-5-7-15)16-10-8-14(2)9-11-16/h8-11,15,17-18H,3-7,12-13H2,1-2H3. The molecular formula is C17H27N. The van der Waals surface area contributed by atoms with Gasteiger partial charge in [-0.25, -0.2) is 0 Å². The molecule has 0 radical (unpaired) electrons. The topological polar surface area (TPSA) is 12.0 Å². The first kappa shape index (κ1) is 13.6. The number of hydrogen-bond donors (Lipinski definition) is 1. The van der Waals surface area contributed by atoms with Gasteiger partial charge in [-0.1, -0.05) is 49.6 Å². The van der Waals surface area contributed by atoms with Gasteiger partial charge in [-0.05, 0) is 50.1 Å². The van der Waals surface area contributed by atoms with Crippen LogP contribution in [0.25, 0.3) is 0 Å². The summed E-state index contributed by atoms with van der Waals surface area (Å²) in [5, 5.41) is 3.63. The molecule has 1 aromatic carbocycles. The van der Waals surface area contributed by atoms with E-state index in [2.05, 4.69) is 43.4 Å². The zero-order chi connectivity index (χ0) is 12.8. The SMILES string of the molecule is CCCNCC(c1ccc(C)cc1)C1CCCC1. The van der Waals surface area contributed by atoms with Gasteiger partial charge >= 0.3 is 0 Å². The molecule has 1 heteroatoms. The first-order valence-electron chi connectivity index (χ1n) is 7.58. The van der Waals surface area contributed by atoms with Crippen molar-refractivity contribution in [1.29, 1.82) is 0 Å². The quantitative estimate of drug-likeness (QED) is 0.738. The third-order valence-corrected chi connectivity index (χ3v) is 4.27. The fourth-order valence-corrected chi connectivity index (χ4v) is 3.16. The van der Waals surface area contributed by atoms with Gasteiger partial charge < -0.3 is 5.32 Å². The molecule has 0 spiro atoms. The van der Waals surface area contributed by atoms with E-state index in [0.717, 1.165) is 24.9 Å². The zero-order valence-corrected chi connectivity index (χ0v) is 11.9. The lowest BCUT2D eigenvalue weighted by atomic mass is 9.84. The molecular weight excluding hydrogens is 218 g/mol. The van der Waals surface area contributed by atoms with Gasteiger partial charge in [-0.3, -0.25) is 0 Å². The average molecular weight is 245 g/mol. The van der Waals surface area contributed by atoms with E-state index in [0.29, 0.717) is 0 Å². The van der Waals surface area contributed by atoms with Crippen LogP contribution in [-0.2, 0) is 0 Å². The summed E-state index contributed by atoms with van der Waals surface area (Å²) in [6, 6.07) is 9.20. The number of aryl methyl sites for hydroxylation is 1. The molecule has 0 heterocycles. The van der Waals surface area contributed by atoms with Crippen molar-refractivity contribution in [2.45, 2.75) is 51.9 Å². The Kier molecular flexibility index (Phi) is 5.25. The molecule has 1 aromatic rings. The van der Waals surface area contributed by atoms with Crippen LogP contribution in [0.15, 0.2) is 24.3 Å². The van der Waals surface area contributed by atoms with Crippen LogP contribution in [0.4, 0.5) is 0 Å². The van der Waals surface area contributed by atoms with Crippen molar-refractivity contribution in [3.63, 3.8) is 0 Å². The molecule has 1 unspecified atom stereocenters. The lowest BCUT2D eigenvalue weighted by Crippen LogP contribution is -2.26. The molecule has 1 N–H and O–H groups in total. The molecule has 1 atom stereocenters. The molecule has 1 aliphatic carbocycles. The van der Waals surface area contributed by atoms with Gasteiger partial charge in [0.1, 0.15) is 0 Å². The summed E-state index contributed by atoms with van der Waals surface area (Å²) in [4.78, 5) is 0. The predicted molar refractivity (Wildman–Crippen MR) is 79.0 cm³/mol. The van der Waals surface area contributed by atoms with Crippen LogP contribution < -0.4 is 5.32 Å². The molecule has 0 bridgehead atoms. The number of rotatable bonds is 6. The molecule has 1 fully saturated rings. The third kappa shape index (κ3) is 3.58. The third-order valence-electron chi connectivity index (χ3n) is 4.27. The lowest BCUT2D eigenvalue weighted by Gasteiger charge is -2.24. The second kappa shape index (κ2) is 6.94. The maximum Gasteiger partial charge on any atom is 0.00228 e. The fourth-order valence-electron chi connectivity index (χ4n) is 3.16. The number of nitrogens with one attached hydrogen (secondary N) is 1. The summed E-state index contributed by atoms with van der Waals surface area (Å²) >= 11 is 0. The summed E-state index contributed by atoms with van der Waals surface area (Å²) in [6.45, 7) is 6.71. The Hall–Kier alpha value is -0.820. The van der Waals surface area contributed by atoms with E-state index in [1.165, 1.54) is 43.2 Å². The fraction of sp³-hybridized carbons (Fsp3) is 0.647. The number of benzene rings is 1. The van der Waals surface area contributed by atoms with Crippen molar-refractivity contribution < 1.29 is 0 Å². The van der Waals surface area contributed by atoms with Crippen LogP contribution in [0.5, 0.6) is 0 Å². The van der Waals surface area contributed by atoms with Crippen LogP contribution in [0.2, 0.25) is 0 Å². The Bertz CT molecular complexity index is 335. The van der Waals surface area contributed by atoms with Crippen molar-refractivity contribution in [1.82, 2.24) is 5.32 Å². The van der Waals surface area contributed by atoms with E-state index in [1.807, 2.05) is 0 Å². The van der Waals surface area contributed by atoms with E-state index in [4.69, 9.17) is 0 Å². The molecule has 0 saturated heterocycles. The number of hydrogen-bond acceptors (Lipinski definition) is 1. The summed E-state index contributed by atoms with van der Waals surface area (Å²) in [6.07, 6.45) is 6.94. The van der Waals surface area contributed by atoms with Crippen molar-refractivity contribution in [3.8, 4) is 0 Å². The molecule has 100 valence electrons. The molecule has 0 amide bonds. The van der Waals surface area contributed by atoms with Gasteiger partial charge in [0, 0.05) is 6.54 Å². The minimum absolute atomic E-state index is 0.722. The Morgan fingerprint density at radius 3 is 2.44 bits per heavy atom. The second-order valence-corrected chi connectivity index (χ2v) is 5.77. The maximum atomic E-state index is 3.63. The summed E-state index contributed by atoms with van der Waals surface area (Å²) in [7, 11) is 0. The molecule has 0 aliphatic heterocycles. The van der Waals surface area contributed by atoms with E-state index in [1.54, 1.807) is 0 Å². The van der Waals surface area contributed by atoms with Crippen LogP contribution >= 0.6 is 0 Å². The molecule has 0 aromatic heterocycles. The highest BCUT2D eigenvalue weighted by Crippen LogP contribution is 2.37. The van der Waals surface area contributed by atoms with Crippen LogP contribution in [0.1, 0.15) is 56.1 Å². The van der Waals surface area contributed by atoms with Gasteiger partial charge in [0.2, 0.25) is 0 Å². The van der Waals surface area contributed by atoms with E-state index in [9.17, 15) is 0 Å². The Labute approximate surface area is 112 Å². The minimum atomic E-state index is 0.722. The molecule has 18 heavy (non-hydrogen) atoms. The summed E-state index contributed by atoms with van der Waals surface area (Å²) < 4.78 is 0. The maximum absolute atomic E-state index is 3.63. The van der Waals surface area contributed by atoms with Gasteiger partial charge in [0.25, 0.3) is 0 Å². The second-order valence-electron chi connectivity index (χ2n) is 5.77. The van der Waals surface area contributed by atoms with Crippen molar-refractivity contribution in [2.75, 3.05) is 13.1 Å². The van der Waals surface area contributed by atoms with Crippen LogP contribution in [0, 0.1) is 12.8 Å². The lowest BCUT2D eigenvalue weighted by molar-refractivity contribution is 0.411. The summed E-state index contributed by atoms with van der Waals surface area (Å²) in [5.74, 6) is 1.62. The average Bonchev–Trinajstić information content (AvgIpc) is 2.90. The Balaban J connectivity index is 2.05. The summed E-state index contributed by atoms with van der Waals surface area (Å²) in [5.41, 5.74) is 2.90. The molecule has 2 rings (SSSR count). The van der Waals surface area contributed by atoms with Crippen LogP contribution in [-0.4, -0.2) is 13.1 Å². The smallest absolute Gasteiger partial charge is 0.00228 e. The minimum Gasteiger partial charge on any atom is -0.316 e. The predicted octanol–water partition coefficient (Wildman–Crippen LogP) is 4.27. The van der Waals surface area contributed by atoms with Crippen molar-refractivity contribution in [3.05, 3.63) is 35.4 Å². The molecule has 1 saturated carbocycles. The molecule has 1 nitrogen and oxygen atoms in total. The molecule has 1 aliphatic rings. The first-order valence-corrected chi connectivity index (χ1v) is 7.58. The highest BCUT2D eigenvalue weighted by Gasteiger charge is 2.25. The van der Waals surface area contributed by atoms with Crippen molar-refractivity contribution in [2.24, 2.45) is 5.92 Å².